The predicted molar refractivity (Wildman–Crippen MR) is 100 cm³/mol. The molecular weight excluding hydrogens is 314 g/mol. The molecule has 0 unspecified atom stereocenters. The molecule has 2 rings (SSSR count). The Hall–Kier alpha value is -2.23. The van der Waals surface area contributed by atoms with Gasteiger partial charge in [0.15, 0.2) is 11.9 Å². The summed E-state index contributed by atoms with van der Waals surface area (Å²) in [6, 6.07) is 8.11. The van der Waals surface area contributed by atoms with Crippen LogP contribution >= 0.6 is 0 Å². The van der Waals surface area contributed by atoms with Gasteiger partial charge in [-0.3, -0.25) is 0 Å². The van der Waals surface area contributed by atoms with Gasteiger partial charge in [-0.15, -0.1) is 0 Å². The Kier molecular flexibility index (Phi) is 6.29. The molecule has 1 aromatic carbocycles. The van der Waals surface area contributed by atoms with Crippen LogP contribution in [0.25, 0.3) is 11.1 Å². The van der Waals surface area contributed by atoms with Crippen LogP contribution in [0.4, 0.5) is 0 Å². The van der Waals surface area contributed by atoms with Crippen molar-refractivity contribution in [2.75, 3.05) is 13.7 Å². The van der Waals surface area contributed by atoms with Crippen molar-refractivity contribution in [1.29, 1.82) is 0 Å². The van der Waals surface area contributed by atoms with Crippen molar-refractivity contribution in [3.63, 3.8) is 0 Å². The van der Waals surface area contributed by atoms with Gasteiger partial charge in [0.05, 0.1) is 19.3 Å². The third-order valence-corrected chi connectivity index (χ3v) is 3.65. The molecule has 0 fully saturated rings. The molecule has 0 aliphatic heterocycles. The molecule has 4 heteroatoms. The fourth-order valence-electron chi connectivity index (χ4n) is 2.58. The van der Waals surface area contributed by atoms with Crippen molar-refractivity contribution >= 4 is 0 Å². The van der Waals surface area contributed by atoms with Crippen molar-refractivity contribution < 1.29 is 18.8 Å². The lowest BCUT2D eigenvalue weighted by atomic mass is 10.1. The lowest BCUT2D eigenvalue weighted by Crippen LogP contribution is -2.33. The van der Waals surface area contributed by atoms with Gasteiger partial charge >= 0.3 is 0 Å². The highest BCUT2D eigenvalue weighted by Gasteiger charge is 2.23. The summed E-state index contributed by atoms with van der Waals surface area (Å²) in [4.78, 5) is 0. The van der Waals surface area contributed by atoms with Crippen LogP contribution < -0.4 is 18.8 Å². The SMILES string of the molecule is CCCOc1cccc(-c2c[n+](CC)cc(OC(C)(C)C)c2OC)c1. The van der Waals surface area contributed by atoms with Crippen LogP contribution in [0.3, 0.4) is 0 Å². The fourth-order valence-corrected chi connectivity index (χ4v) is 2.58. The molecule has 0 radical (unpaired) electrons. The zero-order valence-corrected chi connectivity index (χ0v) is 16.3. The van der Waals surface area contributed by atoms with E-state index in [0.29, 0.717) is 6.61 Å². The van der Waals surface area contributed by atoms with E-state index in [-0.39, 0.29) is 5.60 Å². The Morgan fingerprint density at radius 2 is 1.84 bits per heavy atom. The van der Waals surface area contributed by atoms with Gasteiger partial charge in [-0.05, 0) is 51.8 Å². The zero-order valence-electron chi connectivity index (χ0n) is 16.3. The number of rotatable bonds is 7. The molecule has 1 aromatic heterocycles. The summed E-state index contributed by atoms with van der Waals surface area (Å²) in [6.45, 7) is 11.9. The molecule has 25 heavy (non-hydrogen) atoms. The van der Waals surface area contributed by atoms with Gasteiger partial charge in [-0.1, -0.05) is 19.1 Å². The Morgan fingerprint density at radius 1 is 1.08 bits per heavy atom. The van der Waals surface area contributed by atoms with E-state index in [0.717, 1.165) is 41.3 Å². The minimum atomic E-state index is -0.302. The molecule has 4 nitrogen and oxygen atoms in total. The molecule has 2 aromatic rings. The minimum Gasteiger partial charge on any atom is -0.494 e. The lowest BCUT2D eigenvalue weighted by Gasteiger charge is -2.22. The van der Waals surface area contributed by atoms with Crippen molar-refractivity contribution in [1.82, 2.24) is 0 Å². The maximum atomic E-state index is 6.15. The molecule has 136 valence electrons. The normalized spacial score (nSPS) is 11.3. The molecule has 0 amide bonds. The summed E-state index contributed by atoms with van der Waals surface area (Å²) in [7, 11) is 1.68. The number of hydrogen-bond acceptors (Lipinski definition) is 3. The van der Waals surface area contributed by atoms with E-state index in [1.807, 2.05) is 45.2 Å². The first-order valence-corrected chi connectivity index (χ1v) is 8.91. The molecule has 0 atom stereocenters. The maximum absolute atomic E-state index is 6.15. The van der Waals surface area contributed by atoms with E-state index < -0.39 is 0 Å². The quantitative estimate of drug-likeness (QED) is 0.686. The number of aryl methyl sites for hydroxylation is 1. The highest BCUT2D eigenvalue weighted by molar-refractivity contribution is 5.73. The van der Waals surface area contributed by atoms with Gasteiger partial charge in [0.25, 0.3) is 0 Å². The van der Waals surface area contributed by atoms with E-state index in [1.54, 1.807) is 7.11 Å². The second-order valence-corrected chi connectivity index (χ2v) is 6.99. The van der Waals surface area contributed by atoms with Crippen molar-refractivity contribution in [2.24, 2.45) is 0 Å². The highest BCUT2D eigenvalue weighted by atomic mass is 16.5. The summed E-state index contributed by atoms with van der Waals surface area (Å²) in [5.74, 6) is 2.35. The molecule has 0 saturated carbocycles. The third kappa shape index (κ3) is 5.12. The van der Waals surface area contributed by atoms with Crippen molar-refractivity contribution in [3.05, 3.63) is 36.7 Å². The van der Waals surface area contributed by atoms with E-state index in [4.69, 9.17) is 14.2 Å². The summed E-state index contributed by atoms with van der Waals surface area (Å²) >= 11 is 0. The Balaban J connectivity index is 2.54. The molecule has 0 N–H and O–H groups in total. The largest absolute Gasteiger partial charge is 0.494 e. The monoisotopic (exact) mass is 344 g/mol. The Bertz CT molecular complexity index is 705. The molecule has 0 spiro atoms. The minimum absolute atomic E-state index is 0.302. The topological polar surface area (TPSA) is 31.6 Å². The van der Waals surface area contributed by atoms with E-state index in [2.05, 4.69) is 30.7 Å². The average molecular weight is 344 g/mol. The number of pyridine rings is 1. The first kappa shape index (κ1) is 19.1. The summed E-state index contributed by atoms with van der Waals surface area (Å²) < 4.78 is 19.8. The molecular formula is C21H30NO3+. The average Bonchev–Trinajstić information content (AvgIpc) is 2.58. The van der Waals surface area contributed by atoms with E-state index >= 15 is 0 Å². The number of methoxy groups -OCH3 is 1. The van der Waals surface area contributed by atoms with E-state index in [9.17, 15) is 0 Å². The van der Waals surface area contributed by atoms with Crippen LogP contribution in [0.2, 0.25) is 0 Å². The summed E-state index contributed by atoms with van der Waals surface area (Å²) in [6.07, 6.45) is 5.07. The van der Waals surface area contributed by atoms with Crippen molar-refractivity contribution in [3.8, 4) is 28.4 Å². The van der Waals surface area contributed by atoms with Crippen LogP contribution in [0.1, 0.15) is 41.0 Å². The summed E-state index contributed by atoms with van der Waals surface area (Å²) in [5.41, 5.74) is 1.74. The zero-order chi connectivity index (χ0) is 18.4. The summed E-state index contributed by atoms with van der Waals surface area (Å²) in [5, 5.41) is 0. The van der Waals surface area contributed by atoms with Gasteiger partial charge in [-0.25, -0.2) is 4.57 Å². The standard InChI is InChI=1S/C21H30NO3/c1-7-12-24-17-11-9-10-16(13-17)18-14-22(8-2)15-19(20(18)23-6)25-21(3,4)5/h9-11,13-15H,7-8,12H2,1-6H3/q+1. The predicted octanol–water partition coefficient (Wildman–Crippen LogP) is 4.64. The third-order valence-electron chi connectivity index (χ3n) is 3.65. The number of nitrogens with zero attached hydrogens (tertiary/aromatic N) is 1. The van der Waals surface area contributed by atoms with Crippen LogP contribution in [0.15, 0.2) is 36.7 Å². The van der Waals surface area contributed by atoms with E-state index in [1.165, 1.54) is 0 Å². The van der Waals surface area contributed by atoms with Gasteiger partial charge in [0, 0.05) is 0 Å². The first-order chi connectivity index (χ1) is 11.9. The second-order valence-electron chi connectivity index (χ2n) is 6.99. The number of hydrogen-bond donors (Lipinski definition) is 0. The Morgan fingerprint density at radius 3 is 2.44 bits per heavy atom. The molecule has 0 saturated heterocycles. The van der Waals surface area contributed by atoms with Crippen LogP contribution in [-0.2, 0) is 6.54 Å². The number of ether oxygens (including phenoxy) is 3. The van der Waals surface area contributed by atoms with Gasteiger partial charge < -0.3 is 14.2 Å². The van der Waals surface area contributed by atoms with Gasteiger partial charge in [-0.2, -0.15) is 0 Å². The second kappa shape index (κ2) is 8.24. The Labute approximate surface area is 151 Å². The fraction of sp³-hybridized carbons (Fsp3) is 0.476. The number of benzene rings is 1. The van der Waals surface area contributed by atoms with Crippen molar-refractivity contribution in [2.45, 2.75) is 53.2 Å². The molecule has 1 heterocycles. The number of aromatic nitrogens is 1. The smallest absolute Gasteiger partial charge is 0.227 e. The van der Waals surface area contributed by atoms with Gasteiger partial charge in [0.1, 0.15) is 17.9 Å². The molecule has 0 aliphatic carbocycles. The lowest BCUT2D eigenvalue weighted by molar-refractivity contribution is -0.693. The highest BCUT2D eigenvalue weighted by Crippen LogP contribution is 2.39. The first-order valence-electron chi connectivity index (χ1n) is 8.91. The van der Waals surface area contributed by atoms with Crippen LogP contribution in [0, 0.1) is 0 Å². The molecule has 0 aliphatic rings. The molecule has 0 bridgehead atoms. The van der Waals surface area contributed by atoms with Crippen LogP contribution in [0.5, 0.6) is 17.2 Å². The van der Waals surface area contributed by atoms with Gasteiger partial charge in [0.2, 0.25) is 11.9 Å². The van der Waals surface area contributed by atoms with Crippen LogP contribution in [-0.4, -0.2) is 19.3 Å². The maximum Gasteiger partial charge on any atom is 0.227 e.